The largest absolute Gasteiger partial charge is 0.393 e. The fourth-order valence-corrected chi connectivity index (χ4v) is 1.93. The second-order valence-electron chi connectivity index (χ2n) is 3.14. The number of hydrogen-bond donors (Lipinski definition) is 1. The third kappa shape index (κ3) is 2.63. The Morgan fingerprint density at radius 1 is 1.50 bits per heavy atom. The fourth-order valence-electron chi connectivity index (χ4n) is 1.04. The minimum absolute atomic E-state index is 0.0295. The lowest BCUT2D eigenvalue weighted by Gasteiger charge is -2.05. The number of nitrogens with zero attached hydrogens (tertiary/aromatic N) is 1. The first-order valence-corrected chi connectivity index (χ1v) is 5.09. The van der Waals surface area contributed by atoms with E-state index >= 15 is 0 Å². The van der Waals surface area contributed by atoms with E-state index in [1.165, 1.54) is 6.07 Å². The van der Waals surface area contributed by atoms with Crippen molar-refractivity contribution in [2.75, 3.05) is 5.73 Å². The summed E-state index contributed by atoms with van der Waals surface area (Å²) in [6, 6.07) is 4.81. The molecule has 0 saturated carbocycles. The number of benzene rings is 1. The van der Waals surface area contributed by atoms with E-state index in [2.05, 4.69) is 13.8 Å². The van der Waals surface area contributed by atoms with E-state index in [1.807, 2.05) is 0 Å². The van der Waals surface area contributed by atoms with Gasteiger partial charge in [0.25, 0.3) is 5.69 Å². The molecule has 0 saturated heterocycles. The summed E-state index contributed by atoms with van der Waals surface area (Å²) < 4.78 is 0. The molecule has 0 atom stereocenters. The molecule has 0 aromatic heterocycles. The molecule has 0 radical (unpaired) electrons. The molecule has 0 aliphatic carbocycles. The number of nitro groups is 1. The summed E-state index contributed by atoms with van der Waals surface area (Å²) in [5.74, 6) is 0. The number of thioether (sulfide) groups is 1. The second-order valence-corrected chi connectivity index (χ2v) is 4.79. The summed E-state index contributed by atoms with van der Waals surface area (Å²) in [4.78, 5) is 11.0. The standard InChI is InChI=1S/C9H12N2O2S/c1-6(2)14-7-3-4-9(11(12)13)8(10)5-7/h3-6H,10H2,1-2H3. The van der Waals surface area contributed by atoms with Gasteiger partial charge in [-0.3, -0.25) is 10.1 Å². The van der Waals surface area contributed by atoms with Crippen molar-refractivity contribution in [1.82, 2.24) is 0 Å². The SMILES string of the molecule is CC(C)Sc1ccc([N+](=O)[O-])c(N)c1. The van der Waals surface area contributed by atoms with E-state index in [9.17, 15) is 10.1 Å². The van der Waals surface area contributed by atoms with Crippen LogP contribution in [0.1, 0.15) is 13.8 Å². The third-order valence-corrected chi connectivity index (χ3v) is 2.56. The summed E-state index contributed by atoms with van der Waals surface area (Å²) in [6.07, 6.45) is 0. The molecule has 1 aromatic carbocycles. The molecule has 5 heteroatoms. The van der Waals surface area contributed by atoms with Gasteiger partial charge >= 0.3 is 0 Å². The maximum absolute atomic E-state index is 10.5. The van der Waals surface area contributed by atoms with Crippen molar-refractivity contribution in [3.8, 4) is 0 Å². The Balaban J connectivity index is 2.94. The van der Waals surface area contributed by atoms with Crippen LogP contribution in [0.25, 0.3) is 0 Å². The van der Waals surface area contributed by atoms with Crippen LogP contribution in [-0.2, 0) is 0 Å². The zero-order valence-corrected chi connectivity index (χ0v) is 8.88. The number of hydrogen-bond acceptors (Lipinski definition) is 4. The molecule has 0 unspecified atom stereocenters. The van der Waals surface area contributed by atoms with Gasteiger partial charge in [-0.1, -0.05) is 13.8 Å². The Kier molecular flexibility index (Phi) is 3.35. The minimum atomic E-state index is -0.473. The first-order chi connectivity index (χ1) is 6.50. The molecule has 2 N–H and O–H groups in total. The Labute approximate surface area is 86.6 Å². The van der Waals surface area contributed by atoms with E-state index < -0.39 is 4.92 Å². The molecule has 0 spiro atoms. The molecule has 4 nitrogen and oxygen atoms in total. The molecule has 0 amide bonds. The highest BCUT2D eigenvalue weighted by Crippen LogP contribution is 2.29. The number of anilines is 1. The van der Waals surface area contributed by atoms with Crippen molar-refractivity contribution in [1.29, 1.82) is 0 Å². The number of nitrogen functional groups attached to an aromatic ring is 1. The Morgan fingerprint density at radius 2 is 2.14 bits per heavy atom. The van der Waals surface area contributed by atoms with Gasteiger partial charge in [0.1, 0.15) is 5.69 Å². The summed E-state index contributed by atoms with van der Waals surface area (Å²) in [7, 11) is 0. The molecule has 76 valence electrons. The highest BCUT2D eigenvalue weighted by atomic mass is 32.2. The monoisotopic (exact) mass is 212 g/mol. The Morgan fingerprint density at radius 3 is 2.57 bits per heavy atom. The highest BCUT2D eigenvalue weighted by Gasteiger charge is 2.11. The van der Waals surface area contributed by atoms with Crippen LogP contribution in [0.3, 0.4) is 0 Å². The molecule has 0 aliphatic heterocycles. The predicted molar refractivity (Wildman–Crippen MR) is 58.5 cm³/mol. The highest BCUT2D eigenvalue weighted by molar-refractivity contribution is 7.99. The van der Waals surface area contributed by atoms with Gasteiger partial charge in [-0.25, -0.2) is 0 Å². The average molecular weight is 212 g/mol. The molecule has 1 rings (SSSR count). The first-order valence-electron chi connectivity index (χ1n) is 4.21. The Bertz CT molecular complexity index is 353. The van der Waals surface area contributed by atoms with Crippen molar-refractivity contribution in [2.45, 2.75) is 24.0 Å². The molecular weight excluding hydrogens is 200 g/mol. The minimum Gasteiger partial charge on any atom is -0.393 e. The van der Waals surface area contributed by atoms with Gasteiger partial charge in [-0.2, -0.15) is 0 Å². The van der Waals surface area contributed by atoms with Crippen LogP contribution in [0.2, 0.25) is 0 Å². The van der Waals surface area contributed by atoms with E-state index in [-0.39, 0.29) is 11.4 Å². The summed E-state index contributed by atoms with van der Waals surface area (Å²) >= 11 is 1.63. The number of nitro benzene ring substituents is 1. The summed E-state index contributed by atoms with van der Waals surface area (Å²) in [5, 5.41) is 10.9. The van der Waals surface area contributed by atoms with Crippen molar-refractivity contribution in [2.24, 2.45) is 0 Å². The maximum Gasteiger partial charge on any atom is 0.292 e. The third-order valence-electron chi connectivity index (χ3n) is 1.57. The van der Waals surface area contributed by atoms with Crippen molar-refractivity contribution in [3.05, 3.63) is 28.3 Å². The van der Waals surface area contributed by atoms with Gasteiger partial charge < -0.3 is 5.73 Å². The van der Waals surface area contributed by atoms with E-state index in [0.29, 0.717) is 5.25 Å². The zero-order valence-electron chi connectivity index (χ0n) is 8.06. The molecule has 0 aliphatic rings. The number of rotatable bonds is 3. The molecule has 1 aromatic rings. The Hall–Kier alpha value is -1.23. The van der Waals surface area contributed by atoms with Gasteiger partial charge in [-0.15, -0.1) is 11.8 Å². The van der Waals surface area contributed by atoms with Crippen LogP contribution in [0, 0.1) is 10.1 Å². The smallest absolute Gasteiger partial charge is 0.292 e. The van der Waals surface area contributed by atoms with Crippen molar-refractivity contribution in [3.63, 3.8) is 0 Å². The van der Waals surface area contributed by atoms with Crippen LogP contribution in [0.5, 0.6) is 0 Å². The van der Waals surface area contributed by atoms with Gasteiger partial charge in [0.15, 0.2) is 0 Å². The molecular formula is C9H12N2O2S. The van der Waals surface area contributed by atoms with Gasteiger partial charge in [-0.05, 0) is 12.1 Å². The van der Waals surface area contributed by atoms with E-state index in [0.717, 1.165) is 4.90 Å². The van der Waals surface area contributed by atoms with Crippen molar-refractivity contribution < 1.29 is 4.92 Å². The van der Waals surface area contributed by atoms with Gasteiger partial charge in [0.05, 0.1) is 4.92 Å². The lowest BCUT2D eigenvalue weighted by molar-refractivity contribution is -0.383. The second kappa shape index (κ2) is 4.32. The summed E-state index contributed by atoms with van der Waals surface area (Å²) in [6.45, 7) is 4.12. The van der Waals surface area contributed by atoms with Crippen molar-refractivity contribution >= 4 is 23.1 Å². The lowest BCUT2D eigenvalue weighted by atomic mass is 10.3. The lowest BCUT2D eigenvalue weighted by Crippen LogP contribution is -1.96. The summed E-state index contributed by atoms with van der Waals surface area (Å²) in [5.41, 5.74) is 5.74. The normalized spacial score (nSPS) is 10.5. The molecule has 0 fully saturated rings. The maximum atomic E-state index is 10.5. The average Bonchev–Trinajstić information content (AvgIpc) is 2.01. The van der Waals surface area contributed by atoms with Gasteiger partial charge in [0, 0.05) is 16.2 Å². The quantitative estimate of drug-likeness (QED) is 0.362. The molecule has 14 heavy (non-hydrogen) atoms. The fraction of sp³-hybridized carbons (Fsp3) is 0.333. The van der Waals surface area contributed by atoms with E-state index in [4.69, 9.17) is 5.73 Å². The first kappa shape index (κ1) is 10.8. The van der Waals surface area contributed by atoms with Crippen LogP contribution >= 0.6 is 11.8 Å². The van der Waals surface area contributed by atoms with Gasteiger partial charge in [0.2, 0.25) is 0 Å². The van der Waals surface area contributed by atoms with E-state index in [1.54, 1.807) is 23.9 Å². The topological polar surface area (TPSA) is 69.2 Å². The van der Waals surface area contributed by atoms with Crippen LogP contribution < -0.4 is 5.73 Å². The van der Waals surface area contributed by atoms with Crippen LogP contribution in [0.15, 0.2) is 23.1 Å². The van der Waals surface area contributed by atoms with Crippen LogP contribution in [-0.4, -0.2) is 10.2 Å². The number of nitrogens with two attached hydrogens (primary N) is 1. The molecule has 0 bridgehead atoms. The zero-order chi connectivity index (χ0) is 10.7. The molecule has 0 heterocycles. The van der Waals surface area contributed by atoms with Crippen LogP contribution in [0.4, 0.5) is 11.4 Å². The predicted octanol–water partition coefficient (Wildman–Crippen LogP) is 2.68.